The van der Waals surface area contributed by atoms with Crippen LogP contribution >= 0.6 is 23.1 Å². The number of para-hydroxylation sites is 1. The number of thiophene rings is 1. The molecule has 4 nitrogen and oxygen atoms in total. The van der Waals surface area contributed by atoms with Crippen LogP contribution in [0.5, 0.6) is 0 Å². The first kappa shape index (κ1) is 17.6. The minimum atomic E-state index is -0.0137. The molecule has 1 saturated heterocycles. The molecule has 136 valence electrons. The van der Waals surface area contributed by atoms with E-state index in [1.807, 2.05) is 35.2 Å². The Balaban J connectivity index is 1.65. The highest BCUT2D eigenvalue weighted by Crippen LogP contribution is 2.36. The number of amides is 1. The van der Waals surface area contributed by atoms with Gasteiger partial charge in [-0.15, -0.1) is 23.1 Å². The van der Waals surface area contributed by atoms with Gasteiger partial charge in [-0.05, 0) is 35.9 Å². The molecular formula is C20H22N2O2S2. The summed E-state index contributed by atoms with van der Waals surface area (Å²) < 4.78 is 7.25. The number of carbonyl (C=O) groups excluding carboxylic acids is 1. The summed E-state index contributed by atoms with van der Waals surface area (Å²) in [5.41, 5.74) is 7.67. The Kier molecular flexibility index (Phi) is 4.82. The summed E-state index contributed by atoms with van der Waals surface area (Å²) in [5, 5.41) is 3.10. The number of nitrogens with zero attached hydrogens (tertiary/aromatic N) is 1. The molecule has 0 saturated carbocycles. The summed E-state index contributed by atoms with van der Waals surface area (Å²) >= 11 is 3.46. The maximum absolute atomic E-state index is 13.2. The van der Waals surface area contributed by atoms with Crippen molar-refractivity contribution in [3.05, 3.63) is 53.1 Å². The zero-order valence-electron chi connectivity index (χ0n) is 14.7. The number of likely N-dealkylation sites (tertiary alicyclic amines) is 1. The average Bonchev–Trinajstić information content (AvgIpc) is 3.38. The number of furan rings is 1. The Morgan fingerprint density at radius 2 is 2.19 bits per heavy atom. The number of nitrogens with two attached hydrogens (primary N) is 1. The molecule has 2 N–H and O–H groups in total. The van der Waals surface area contributed by atoms with Crippen molar-refractivity contribution < 1.29 is 9.21 Å². The molecule has 0 radical (unpaired) electrons. The molecule has 2 aromatic heterocycles. The van der Waals surface area contributed by atoms with Crippen LogP contribution in [0.1, 0.15) is 29.5 Å². The van der Waals surface area contributed by atoms with Crippen LogP contribution in [0.2, 0.25) is 0 Å². The minimum Gasteiger partial charge on any atom is -0.451 e. The zero-order valence-corrected chi connectivity index (χ0v) is 16.4. The second kappa shape index (κ2) is 7.10. The lowest BCUT2D eigenvalue weighted by Gasteiger charge is -2.22. The van der Waals surface area contributed by atoms with E-state index in [1.165, 1.54) is 4.21 Å². The van der Waals surface area contributed by atoms with Crippen molar-refractivity contribution in [2.75, 3.05) is 19.6 Å². The molecule has 1 aromatic carbocycles. The molecule has 1 unspecified atom stereocenters. The summed E-state index contributed by atoms with van der Waals surface area (Å²) in [6.45, 7) is 4.17. The van der Waals surface area contributed by atoms with E-state index in [0.717, 1.165) is 35.3 Å². The molecule has 0 bridgehead atoms. The smallest absolute Gasteiger partial charge is 0.289 e. The Hall–Kier alpha value is -1.76. The van der Waals surface area contributed by atoms with E-state index >= 15 is 0 Å². The number of fused-ring (bicyclic) bond motifs is 1. The van der Waals surface area contributed by atoms with Crippen molar-refractivity contribution in [3.63, 3.8) is 0 Å². The van der Waals surface area contributed by atoms with Gasteiger partial charge in [-0.1, -0.05) is 31.2 Å². The van der Waals surface area contributed by atoms with Crippen LogP contribution in [-0.4, -0.2) is 30.4 Å². The van der Waals surface area contributed by atoms with Gasteiger partial charge in [0.15, 0.2) is 5.76 Å². The van der Waals surface area contributed by atoms with E-state index in [0.29, 0.717) is 18.8 Å². The fourth-order valence-electron chi connectivity index (χ4n) is 3.41. The normalized spacial score (nSPS) is 20.2. The lowest BCUT2D eigenvalue weighted by molar-refractivity contribution is 0.0746. The Bertz CT molecular complexity index is 919. The van der Waals surface area contributed by atoms with E-state index in [-0.39, 0.29) is 11.3 Å². The third-order valence-electron chi connectivity index (χ3n) is 5.08. The highest BCUT2D eigenvalue weighted by atomic mass is 32.2. The number of benzene rings is 1. The molecule has 0 spiro atoms. The van der Waals surface area contributed by atoms with Gasteiger partial charge in [0.25, 0.3) is 5.91 Å². The number of hydrogen-bond donors (Lipinski definition) is 1. The van der Waals surface area contributed by atoms with Gasteiger partial charge in [-0.2, -0.15) is 0 Å². The van der Waals surface area contributed by atoms with Crippen LogP contribution in [0.3, 0.4) is 0 Å². The lowest BCUT2D eigenvalue weighted by Crippen LogP contribution is -2.34. The van der Waals surface area contributed by atoms with Crippen molar-refractivity contribution in [2.45, 2.75) is 23.3 Å². The van der Waals surface area contributed by atoms with E-state index < -0.39 is 0 Å². The van der Waals surface area contributed by atoms with E-state index in [9.17, 15) is 4.79 Å². The summed E-state index contributed by atoms with van der Waals surface area (Å²) in [4.78, 5) is 15.1. The van der Waals surface area contributed by atoms with Crippen LogP contribution in [-0.2, 0) is 5.75 Å². The van der Waals surface area contributed by atoms with Gasteiger partial charge in [0.05, 0.1) is 4.21 Å². The van der Waals surface area contributed by atoms with Gasteiger partial charge < -0.3 is 15.1 Å². The molecule has 26 heavy (non-hydrogen) atoms. The summed E-state index contributed by atoms with van der Waals surface area (Å²) in [7, 11) is 0. The Labute approximate surface area is 161 Å². The fraction of sp³-hybridized carbons (Fsp3) is 0.350. The SMILES string of the molecule is CC1(CN)CCN(C(=O)c2oc3ccccc3c2CSc2cccs2)C1. The third-order valence-corrected chi connectivity index (χ3v) is 7.24. The van der Waals surface area contributed by atoms with E-state index in [1.54, 1.807) is 23.1 Å². The Morgan fingerprint density at radius 1 is 1.35 bits per heavy atom. The van der Waals surface area contributed by atoms with Crippen LogP contribution < -0.4 is 5.73 Å². The largest absolute Gasteiger partial charge is 0.451 e. The van der Waals surface area contributed by atoms with Crippen molar-refractivity contribution in [1.29, 1.82) is 0 Å². The molecule has 1 amide bonds. The summed E-state index contributed by atoms with van der Waals surface area (Å²) in [6.07, 6.45) is 0.939. The fourth-order valence-corrected chi connectivity index (χ4v) is 5.22. The highest BCUT2D eigenvalue weighted by Gasteiger charge is 2.37. The topological polar surface area (TPSA) is 59.5 Å². The first-order valence-corrected chi connectivity index (χ1v) is 10.6. The maximum Gasteiger partial charge on any atom is 0.289 e. The first-order valence-electron chi connectivity index (χ1n) is 8.76. The molecule has 4 rings (SSSR count). The highest BCUT2D eigenvalue weighted by molar-refractivity contribution is 8.00. The number of carbonyl (C=O) groups is 1. The molecule has 3 heterocycles. The quantitative estimate of drug-likeness (QED) is 0.651. The predicted octanol–water partition coefficient (Wildman–Crippen LogP) is 4.60. The maximum atomic E-state index is 13.2. The predicted molar refractivity (Wildman–Crippen MR) is 108 cm³/mol. The van der Waals surface area contributed by atoms with Gasteiger partial charge >= 0.3 is 0 Å². The second-order valence-corrected chi connectivity index (χ2v) is 9.34. The summed E-state index contributed by atoms with van der Waals surface area (Å²) in [5.74, 6) is 1.19. The van der Waals surface area contributed by atoms with E-state index in [4.69, 9.17) is 10.2 Å². The molecule has 1 aliphatic heterocycles. The monoisotopic (exact) mass is 386 g/mol. The molecule has 6 heteroatoms. The van der Waals surface area contributed by atoms with Crippen molar-refractivity contribution in [1.82, 2.24) is 4.90 Å². The first-order chi connectivity index (χ1) is 12.6. The van der Waals surface area contributed by atoms with Gasteiger partial charge in [0, 0.05) is 29.8 Å². The van der Waals surface area contributed by atoms with Crippen LogP contribution in [0.15, 0.2) is 50.4 Å². The molecule has 1 aliphatic rings. The average molecular weight is 387 g/mol. The van der Waals surface area contributed by atoms with Gasteiger partial charge in [0.2, 0.25) is 0 Å². The lowest BCUT2D eigenvalue weighted by atomic mass is 9.90. The van der Waals surface area contributed by atoms with Crippen LogP contribution in [0.4, 0.5) is 0 Å². The molecule has 1 fully saturated rings. The van der Waals surface area contributed by atoms with Crippen molar-refractivity contribution in [3.8, 4) is 0 Å². The van der Waals surface area contributed by atoms with Crippen molar-refractivity contribution in [2.24, 2.45) is 11.1 Å². The number of thioether (sulfide) groups is 1. The minimum absolute atomic E-state index is 0.00750. The molecular weight excluding hydrogens is 364 g/mol. The third kappa shape index (κ3) is 3.29. The van der Waals surface area contributed by atoms with Crippen molar-refractivity contribution >= 4 is 40.0 Å². The summed E-state index contributed by atoms with van der Waals surface area (Å²) in [6, 6.07) is 12.0. The number of hydrogen-bond acceptors (Lipinski definition) is 5. The van der Waals surface area contributed by atoms with Gasteiger partial charge in [0.1, 0.15) is 5.58 Å². The molecule has 1 atom stereocenters. The Morgan fingerprint density at radius 3 is 2.92 bits per heavy atom. The second-order valence-electron chi connectivity index (χ2n) is 7.12. The standard InChI is InChI=1S/C20H22N2O2S2/c1-20(12-21)8-9-22(13-20)19(23)18-15(11-26-17-7-4-10-25-17)14-5-2-3-6-16(14)24-18/h2-7,10H,8-9,11-13,21H2,1H3. The van der Waals surface area contributed by atoms with Crippen LogP contribution in [0.25, 0.3) is 11.0 Å². The van der Waals surface area contributed by atoms with Gasteiger partial charge in [-0.25, -0.2) is 0 Å². The van der Waals surface area contributed by atoms with Gasteiger partial charge in [-0.3, -0.25) is 4.79 Å². The van der Waals surface area contributed by atoms with Crippen LogP contribution in [0, 0.1) is 5.41 Å². The van der Waals surface area contributed by atoms with E-state index in [2.05, 4.69) is 18.4 Å². The molecule has 3 aromatic rings. The molecule has 0 aliphatic carbocycles. The zero-order chi connectivity index (χ0) is 18.1. The number of rotatable bonds is 5.